The number of methoxy groups -OCH3 is 1. The average Bonchev–Trinajstić information content (AvgIpc) is 3.69. The van der Waals surface area contributed by atoms with Gasteiger partial charge in [-0.3, -0.25) is 14.0 Å². The summed E-state index contributed by atoms with van der Waals surface area (Å²) in [6.07, 6.45) is 5.71. The predicted octanol–water partition coefficient (Wildman–Crippen LogP) is 6.66. The van der Waals surface area contributed by atoms with E-state index in [1.54, 1.807) is 13.2 Å². The number of rotatable bonds is 13. The highest BCUT2D eigenvalue weighted by molar-refractivity contribution is 5.96. The molecule has 5 rings (SSSR count). The molecule has 1 saturated heterocycles. The molecule has 3 atom stereocenters. The number of ketones is 1. The van der Waals surface area contributed by atoms with E-state index in [0.717, 1.165) is 67.0 Å². The van der Waals surface area contributed by atoms with E-state index in [9.17, 15) is 18.8 Å². The fraction of sp³-hybridized carbons (Fsp3) is 0.528. The fourth-order valence-electron chi connectivity index (χ4n) is 7.08. The molecular formula is C36H45FN2O5. The molecule has 44 heavy (non-hydrogen) atoms. The zero-order valence-electron chi connectivity index (χ0n) is 25.9. The van der Waals surface area contributed by atoms with Crippen molar-refractivity contribution >= 4 is 28.6 Å². The third-order valence-corrected chi connectivity index (χ3v) is 9.67. The number of unbranched alkanes of at least 4 members (excludes halogenated alkanes) is 1. The number of benzene rings is 2. The fourth-order valence-corrected chi connectivity index (χ4v) is 7.08. The number of aromatic nitrogens is 1. The molecule has 0 spiro atoms. The summed E-state index contributed by atoms with van der Waals surface area (Å²) in [5, 5.41) is 0.833. The van der Waals surface area contributed by atoms with Gasteiger partial charge in [0, 0.05) is 49.4 Å². The Morgan fingerprint density at radius 2 is 1.73 bits per heavy atom. The van der Waals surface area contributed by atoms with Crippen LogP contribution >= 0.6 is 0 Å². The van der Waals surface area contributed by atoms with Crippen molar-refractivity contribution in [2.75, 3.05) is 33.5 Å². The number of hydrogen-bond donors (Lipinski definition) is 1. The molecule has 0 unspecified atom stereocenters. The van der Waals surface area contributed by atoms with Gasteiger partial charge in [-0.2, -0.15) is 0 Å². The van der Waals surface area contributed by atoms with Gasteiger partial charge in [-0.25, -0.2) is 4.79 Å². The number of nitrogens with one attached hydrogen (secondary N) is 1. The van der Waals surface area contributed by atoms with Crippen LogP contribution in [-0.2, 0) is 25.5 Å². The van der Waals surface area contributed by atoms with E-state index >= 15 is 0 Å². The van der Waals surface area contributed by atoms with Crippen LogP contribution in [0.3, 0.4) is 0 Å². The van der Waals surface area contributed by atoms with Crippen LogP contribution in [-0.4, -0.2) is 67.1 Å². The van der Waals surface area contributed by atoms with Crippen molar-refractivity contribution in [1.29, 1.82) is 0 Å². The van der Waals surface area contributed by atoms with E-state index in [-0.39, 0.29) is 42.5 Å². The van der Waals surface area contributed by atoms with E-state index in [0.29, 0.717) is 31.4 Å². The van der Waals surface area contributed by atoms with Crippen molar-refractivity contribution in [2.45, 2.75) is 70.3 Å². The Morgan fingerprint density at radius 1 is 0.977 bits per heavy atom. The maximum atomic E-state index is 14.1. The average molecular weight is 605 g/mol. The first-order chi connectivity index (χ1) is 21.4. The first kappa shape index (κ1) is 31.9. The van der Waals surface area contributed by atoms with E-state index in [2.05, 4.69) is 4.98 Å². The molecule has 2 aromatic carbocycles. The molecule has 1 amide bonds. The largest absolute Gasteiger partial charge is 0.461 e. The second-order valence-corrected chi connectivity index (χ2v) is 12.6. The number of likely N-dealkylation sites (tertiary alicyclic amines) is 1. The summed E-state index contributed by atoms with van der Waals surface area (Å²) in [4.78, 5) is 45.5. The van der Waals surface area contributed by atoms with E-state index < -0.39 is 12.0 Å². The van der Waals surface area contributed by atoms with Gasteiger partial charge in [0.15, 0.2) is 5.78 Å². The van der Waals surface area contributed by atoms with E-state index in [1.807, 2.05) is 60.4 Å². The van der Waals surface area contributed by atoms with Crippen LogP contribution in [0.4, 0.5) is 4.39 Å². The van der Waals surface area contributed by atoms with Crippen LogP contribution in [0.5, 0.6) is 0 Å². The van der Waals surface area contributed by atoms with Crippen LogP contribution in [0.15, 0.2) is 54.6 Å². The standard InChI is InChI=1S/C36H45FN2O5/c1-24(23-37)26-11-13-28(14-12-26)35(41)39-17-16-30(27-8-4-3-5-9-27)34(39)33(40)21-25-10-15-31-29(20-25)22-32(38-31)36(42)44-19-7-6-18-43-2/h3-5,8-10,15,20,22,24,26,28,30,34,38H,6-7,11-14,16-19,21,23H2,1-2H3/t24-,26?,28?,30-,34+/m1/s1. The second-order valence-electron chi connectivity index (χ2n) is 12.6. The Kier molecular flexibility index (Phi) is 10.9. The Balaban J connectivity index is 1.29. The molecule has 3 aromatic rings. The van der Waals surface area contributed by atoms with Gasteiger partial charge < -0.3 is 19.4 Å². The van der Waals surface area contributed by atoms with Crippen molar-refractivity contribution in [2.24, 2.45) is 17.8 Å². The van der Waals surface area contributed by atoms with Gasteiger partial charge in [-0.15, -0.1) is 0 Å². The molecule has 2 aliphatic rings. The minimum atomic E-state index is -0.530. The number of nitrogens with zero attached hydrogens (tertiary/aromatic N) is 1. The maximum Gasteiger partial charge on any atom is 0.354 e. The van der Waals surface area contributed by atoms with Crippen LogP contribution in [0.25, 0.3) is 10.9 Å². The normalized spacial score (nSPS) is 22.7. The lowest BCUT2D eigenvalue weighted by atomic mass is 9.76. The molecule has 1 aliphatic heterocycles. The summed E-state index contributed by atoms with van der Waals surface area (Å²) in [6.45, 7) is 3.15. The predicted molar refractivity (Wildman–Crippen MR) is 168 cm³/mol. The molecule has 0 radical (unpaired) electrons. The van der Waals surface area contributed by atoms with Crippen LogP contribution in [0, 0.1) is 17.8 Å². The van der Waals surface area contributed by atoms with Crippen molar-refractivity contribution in [3.05, 3.63) is 71.4 Å². The van der Waals surface area contributed by atoms with Gasteiger partial charge in [0.2, 0.25) is 5.91 Å². The molecule has 2 heterocycles. The van der Waals surface area contributed by atoms with E-state index in [1.165, 1.54) is 0 Å². The monoisotopic (exact) mass is 604 g/mol. The first-order valence-electron chi connectivity index (χ1n) is 16.1. The molecule has 8 heteroatoms. The summed E-state index contributed by atoms with van der Waals surface area (Å²) in [7, 11) is 1.65. The highest BCUT2D eigenvalue weighted by atomic mass is 19.1. The number of fused-ring (bicyclic) bond motifs is 1. The van der Waals surface area contributed by atoms with Gasteiger partial charge in [0.1, 0.15) is 5.69 Å². The zero-order valence-corrected chi connectivity index (χ0v) is 25.9. The molecule has 7 nitrogen and oxygen atoms in total. The zero-order chi connectivity index (χ0) is 31.1. The summed E-state index contributed by atoms with van der Waals surface area (Å²) in [5.74, 6) is -0.137. The van der Waals surface area contributed by atoms with Crippen molar-refractivity contribution in [3.63, 3.8) is 0 Å². The molecule has 0 bridgehead atoms. The van der Waals surface area contributed by atoms with Gasteiger partial charge in [-0.1, -0.05) is 43.3 Å². The summed E-state index contributed by atoms with van der Waals surface area (Å²) < 4.78 is 23.7. The van der Waals surface area contributed by atoms with Crippen LogP contribution in [0.1, 0.15) is 79.4 Å². The highest BCUT2D eigenvalue weighted by Crippen LogP contribution is 2.39. The minimum Gasteiger partial charge on any atom is -0.461 e. The summed E-state index contributed by atoms with van der Waals surface area (Å²) >= 11 is 0. The maximum absolute atomic E-state index is 14.1. The number of ether oxygens (including phenoxy) is 2. The molecule has 1 aromatic heterocycles. The Hall–Kier alpha value is -3.52. The molecule has 1 N–H and O–H groups in total. The number of hydrogen-bond acceptors (Lipinski definition) is 5. The lowest BCUT2D eigenvalue weighted by Crippen LogP contribution is -2.46. The lowest BCUT2D eigenvalue weighted by molar-refractivity contribution is -0.142. The highest BCUT2D eigenvalue weighted by Gasteiger charge is 2.44. The van der Waals surface area contributed by atoms with Gasteiger partial charge in [0.25, 0.3) is 0 Å². The molecule has 236 valence electrons. The van der Waals surface area contributed by atoms with Crippen molar-refractivity contribution in [1.82, 2.24) is 9.88 Å². The second kappa shape index (κ2) is 15.0. The van der Waals surface area contributed by atoms with Crippen molar-refractivity contribution < 1.29 is 28.2 Å². The number of amides is 1. The number of H-pyrrole nitrogens is 1. The van der Waals surface area contributed by atoms with Gasteiger partial charge in [-0.05, 0) is 86.1 Å². The number of carbonyl (C=O) groups excluding carboxylic acids is 3. The summed E-state index contributed by atoms with van der Waals surface area (Å²) in [6, 6.07) is 17.0. The number of esters is 1. The number of carbonyl (C=O) groups is 3. The Labute approximate surface area is 259 Å². The van der Waals surface area contributed by atoms with Gasteiger partial charge in [0.05, 0.1) is 19.3 Å². The van der Waals surface area contributed by atoms with E-state index in [4.69, 9.17) is 9.47 Å². The Morgan fingerprint density at radius 3 is 2.45 bits per heavy atom. The molecular weight excluding hydrogens is 559 g/mol. The third-order valence-electron chi connectivity index (χ3n) is 9.67. The Bertz CT molecular complexity index is 1410. The number of aromatic amines is 1. The van der Waals surface area contributed by atoms with Crippen LogP contribution in [0.2, 0.25) is 0 Å². The first-order valence-corrected chi connectivity index (χ1v) is 16.1. The number of Topliss-reactive ketones (excluding diaryl/α,β-unsaturated/α-hetero) is 1. The number of alkyl halides is 1. The SMILES string of the molecule is COCCCCOC(=O)c1cc2cc(CC(=O)[C@@H]3[C@@H](c4ccccc4)CCN3C(=O)C3CCC([C@H](C)CF)CC3)ccc2[nH]1. The quantitative estimate of drug-likeness (QED) is 0.174. The lowest BCUT2D eigenvalue weighted by Gasteiger charge is -2.35. The number of halogens is 1. The van der Waals surface area contributed by atoms with Gasteiger partial charge >= 0.3 is 5.97 Å². The van der Waals surface area contributed by atoms with Crippen molar-refractivity contribution in [3.8, 4) is 0 Å². The molecule has 1 aliphatic carbocycles. The molecule has 2 fully saturated rings. The smallest absolute Gasteiger partial charge is 0.354 e. The van der Waals surface area contributed by atoms with Crippen LogP contribution < -0.4 is 0 Å². The molecule has 1 saturated carbocycles. The third kappa shape index (κ3) is 7.40. The summed E-state index contributed by atoms with van der Waals surface area (Å²) in [5.41, 5.74) is 3.09. The topological polar surface area (TPSA) is 88.7 Å². The minimum absolute atomic E-state index is 0.0232.